The molecular formula is C19H20BrNO4. The quantitative estimate of drug-likeness (QED) is 0.733. The molecule has 0 aliphatic carbocycles. The summed E-state index contributed by atoms with van der Waals surface area (Å²) in [6, 6.07) is 10.8. The molecule has 132 valence electrons. The molecule has 5 nitrogen and oxygen atoms in total. The number of benzene rings is 2. The zero-order valence-electron chi connectivity index (χ0n) is 14.4. The Morgan fingerprint density at radius 1 is 1.16 bits per heavy atom. The van der Waals surface area contributed by atoms with E-state index < -0.39 is 5.97 Å². The average molecular weight is 406 g/mol. The van der Waals surface area contributed by atoms with E-state index in [2.05, 4.69) is 28.2 Å². The normalized spacial score (nSPS) is 10.2. The van der Waals surface area contributed by atoms with Gasteiger partial charge in [-0.1, -0.05) is 19.1 Å². The highest BCUT2D eigenvalue weighted by molar-refractivity contribution is 9.10. The van der Waals surface area contributed by atoms with E-state index in [1.165, 1.54) is 12.7 Å². The van der Waals surface area contributed by atoms with Crippen LogP contribution in [0.5, 0.6) is 5.75 Å². The lowest BCUT2D eigenvalue weighted by atomic mass is 10.1. The second-order valence-corrected chi connectivity index (χ2v) is 6.33. The van der Waals surface area contributed by atoms with Gasteiger partial charge in [-0.25, -0.2) is 4.79 Å². The summed E-state index contributed by atoms with van der Waals surface area (Å²) in [4.78, 5) is 23.8. The molecule has 0 fully saturated rings. The zero-order valence-corrected chi connectivity index (χ0v) is 16.0. The van der Waals surface area contributed by atoms with Crippen molar-refractivity contribution in [2.75, 3.05) is 19.0 Å². The molecule has 0 bridgehead atoms. The van der Waals surface area contributed by atoms with Gasteiger partial charge in [0.15, 0.2) is 6.61 Å². The Morgan fingerprint density at radius 3 is 2.56 bits per heavy atom. The van der Waals surface area contributed by atoms with Crippen LogP contribution >= 0.6 is 15.9 Å². The van der Waals surface area contributed by atoms with Crippen LogP contribution in [0.4, 0.5) is 5.69 Å². The number of nitrogens with one attached hydrogen (secondary N) is 1. The number of methoxy groups -OCH3 is 1. The van der Waals surface area contributed by atoms with Crippen molar-refractivity contribution >= 4 is 33.5 Å². The van der Waals surface area contributed by atoms with Gasteiger partial charge < -0.3 is 14.8 Å². The molecule has 0 saturated carbocycles. The van der Waals surface area contributed by atoms with E-state index >= 15 is 0 Å². The summed E-state index contributed by atoms with van der Waals surface area (Å²) < 4.78 is 11.1. The minimum Gasteiger partial charge on any atom is -0.483 e. The van der Waals surface area contributed by atoms with Crippen molar-refractivity contribution in [1.29, 1.82) is 0 Å². The SMILES string of the molecule is CCc1ccc(OCC(=O)Nc2cc(C(=O)OC)ccc2C)c(Br)c1. The molecule has 25 heavy (non-hydrogen) atoms. The molecule has 0 heterocycles. The minimum atomic E-state index is -0.452. The first-order valence-corrected chi connectivity index (χ1v) is 8.64. The molecule has 0 spiro atoms. The molecule has 6 heteroatoms. The molecule has 0 aromatic heterocycles. The van der Waals surface area contributed by atoms with Crippen LogP contribution in [0.1, 0.15) is 28.4 Å². The van der Waals surface area contributed by atoms with Crippen molar-refractivity contribution < 1.29 is 19.1 Å². The number of aryl methyl sites for hydroxylation is 2. The lowest BCUT2D eigenvalue weighted by molar-refractivity contribution is -0.118. The molecule has 0 aliphatic rings. The van der Waals surface area contributed by atoms with Crippen LogP contribution in [0, 0.1) is 6.92 Å². The second-order valence-electron chi connectivity index (χ2n) is 5.48. The van der Waals surface area contributed by atoms with E-state index in [4.69, 9.17) is 9.47 Å². The third-order valence-electron chi connectivity index (χ3n) is 3.70. The van der Waals surface area contributed by atoms with E-state index in [-0.39, 0.29) is 12.5 Å². The number of anilines is 1. The number of hydrogen-bond acceptors (Lipinski definition) is 4. The highest BCUT2D eigenvalue weighted by Gasteiger charge is 2.11. The van der Waals surface area contributed by atoms with Crippen LogP contribution in [0.3, 0.4) is 0 Å². The van der Waals surface area contributed by atoms with Crippen molar-refractivity contribution in [2.24, 2.45) is 0 Å². The van der Waals surface area contributed by atoms with Crippen molar-refractivity contribution in [1.82, 2.24) is 0 Å². The Bertz CT molecular complexity index is 789. The first-order chi connectivity index (χ1) is 11.9. The van der Waals surface area contributed by atoms with Crippen molar-refractivity contribution in [3.8, 4) is 5.75 Å². The van der Waals surface area contributed by atoms with Crippen molar-refractivity contribution in [3.63, 3.8) is 0 Å². The molecule has 0 atom stereocenters. The molecule has 2 aromatic rings. The van der Waals surface area contributed by atoms with Crippen molar-refractivity contribution in [3.05, 3.63) is 57.6 Å². The summed E-state index contributed by atoms with van der Waals surface area (Å²) >= 11 is 3.44. The zero-order chi connectivity index (χ0) is 18.4. The van der Waals surface area contributed by atoms with Gasteiger partial charge in [-0.2, -0.15) is 0 Å². The van der Waals surface area contributed by atoms with Gasteiger partial charge in [-0.15, -0.1) is 0 Å². The van der Waals surface area contributed by atoms with Gasteiger partial charge in [-0.05, 0) is 64.7 Å². The predicted molar refractivity (Wildman–Crippen MR) is 100 cm³/mol. The molecule has 0 radical (unpaired) electrons. The minimum absolute atomic E-state index is 0.133. The van der Waals surface area contributed by atoms with Gasteiger partial charge in [0.05, 0.1) is 17.1 Å². The Balaban J connectivity index is 2.02. The Labute approximate surface area is 155 Å². The number of rotatable bonds is 6. The van der Waals surface area contributed by atoms with Gasteiger partial charge in [0, 0.05) is 5.69 Å². The summed E-state index contributed by atoms with van der Waals surface area (Å²) in [5, 5.41) is 2.75. The highest BCUT2D eigenvalue weighted by Crippen LogP contribution is 2.26. The Morgan fingerprint density at radius 2 is 1.92 bits per heavy atom. The van der Waals surface area contributed by atoms with Crippen LogP contribution in [-0.4, -0.2) is 25.6 Å². The molecule has 0 aliphatic heterocycles. The summed E-state index contributed by atoms with van der Waals surface area (Å²) in [6.07, 6.45) is 0.926. The fraction of sp³-hybridized carbons (Fsp3) is 0.263. The van der Waals surface area contributed by atoms with Crippen LogP contribution in [-0.2, 0) is 16.0 Å². The molecule has 1 amide bonds. The molecule has 2 aromatic carbocycles. The number of amides is 1. The lowest BCUT2D eigenvalue weighted by Gasteiger charge is -2.12. The molecule has 2 rings (SSSR count). The third kappa shape index (κ3) is 5.06. The number of carbonyl (C=O) groups is 2. The largest absolute Gasteiger partial charge is 0.483 e. The lowest BCUT2D eigenvalue weighted by Crippen LogP contribution is -2.21. The van der Waals surface area contributed by atoms with Gasteiger partial charge >= 0.3 is 5.97 Å². The fourth-order valence-electron chi connectivity index (χ4n) is 2.21. The van der Waals surface area contributed by atoms with Crippen LogP contribution in [0.25, 0.3) is 0 Å². The molecule has 1 N–H and O–H groups in total. The fourth-order valence-corrected chi connectivity index (χ4v) is 2.75. The number of carbonyl (C=O) groups excluding carboxylic acids is 2. The summed E-state index contributed by atoms with van der Waals surface area (Å²) in [5.41, 5.74) is 2.95. The van der Waals surface area contributed by atoms with E-state index in [0.717, 1.165) is 16.5 Å². The molecular weight excluding hydrogens is 386 g/mol. The number of halogens is 1. The monoisotopic (exact) mass is 405 g/mol. The third-order valence-corrected chi connectivity index (χ3v) is 4.32. The second kappa shape index (κ2) is 8.67. The van der Waals surface area contributed by atoms with E-state index in [1.54, 1.807) is 18.2 Å². The molecule has 0 saturated heterocycles. The van der Waals surface area contributed by atoms with Crippen LogP contribution in [0.2, 0.25) is 0 Å². The average Bonchev–Trinajstić information content (AvgIpc) is 2.61. The van der Waals surface area contributed by atoms with Crippen molar-refractivity contribution in [2.45, 2.75) is 20.3 Å². The topological polar surface area (TPSA) is 64.6 Å². The maximum Gasteiger partial charge on any atom is 0.337 e. The highest BCUT2D eigenvalue weighted by atomic mass is 79.9. The van der Waals surface area contributed by atoms with Gasteiger partial charge in [0.2, 0.25) is 0 Å². The van der Waals surface area contributed by atoms with E-state index in [1.807, 2.05) is 25.1 Å². The number of hydrogen-bond donors (Lipinski definition) is 1. The van der Waals surface area contributed by atoms with Gasteiger partial charge in [0.1, 0.15) is 5.75 Å². The maximum atomic E-state index is 12.2. The maximum absolute atomic E-state index is 12.2. The smallest absolute Gasteiger partial charge is 0.337 e. The van der Waals surface area contributed by atoms with E-state index in [9.17, 15) is 9.59 Å². The first-order valence-electron chi connectivity index (χ1n) is 7.84. The first kappa shape index (κ1) is 19.0. The summed E-state index contributed by atoms with van der Waals surface area (Å²) in [7, 11) is 1.32. The van der Waals surface area contributed by atoms with Crippen LogP contribution in [0.15, 0.2) is 40.9 Å². The Hall–Kier alpha value is -2.34. The van der Waals surface area contributed by atoms with Gasteiger partial charge in [0.25, 0.3) is 5.91 Å². The summed E-state index contributed by atoms with van der Waals surface area (Å²) in [6.45, 7) is 3.78. The predicted octanol–water partition coefficient (Wildman–Crippen LogP) is 4.12. The number of ether oxygens (including phenoxy) is 2. The summed E-state index contributed by atoms with van der Waals surface area (Å²) in [5.74, 6) is -0.157. The Kier molecular flexibility index (Phi) is 6.58. The van der Waals surface area contributed by atoms with Gasteiger partial charge in [-0.3, -0.25) is 4.79 Å². The van der Waals surface area contributed by atoms with E-state index in [0.29, 0.717) is 17.0 Å². The standard InChI is InChI=1S/C19H20BrNO4/c1-4-13-6-8-17(15(20)9-13)25-11-18(22)21-16-10-14(19(23)24-3)7-5-12(16)2/h5-10H,4,11H2,1-3H3,(H,21,22). The molecule has 0 unspecified atom stereocenters. The number of esters is 1. The van der Waals surface area contributed by atoms with Crippen LogP contribution < -0.4 is 10.1 Å².